The lowest BCUT2D eigenvalue weighted by Gasteiger charge is -2.05. The van der Waals surface area contributed by atoms with Crippen LogP contribution >= 0.6 is 11.8 Å². The van der Waals surface area contributed by atoms with Gasteiger partial charge in [-0.2, -0.15) is 11.8 Å². The van der Waals surface area contributed by atoms with E-state index in [9.17, 15) is 9.59 Å². The molecule has 0 fully saturated rings. The van der Waals surface area contributed by atoms with E-state index in [2.05, 4.69) is 0 Å². The van der Waals surface area contributed by atoms with Crippen molar-refractivity contribution in [1.29, 1.82) is 0 Å². The molecule has 0 aliphatic rings. The van der Waals surface area contributed by atoms with E-state index in [-0.39, 0.29) is 5.97 Å². The summed E-state index contributed by atoms with van der Waals surface area (Å²) < 4.78 is 4.70. The molecule has 5 nitrogen and oxygen atoms in total. The standard InChI is InChI=1S/C8H15NO4S/c1-2-13-7(10)3-4-14-5-6(9)8(11)12/h6H,2-5,9H2,1H3,(H,11,12). The summed E-state index contributed by atoms with van der Waals surface area (Å²) in [5.74, 6) is -0.424. The van der Waals surface area contributed by atoms with Crippen molar-refractivity contribution < 1.29 is 19.4 Å². The molecule has 0 amide bonds. The number of thioether (sulfide) groups is 1. The first kappa shape index (κ1) is 13.2. The fraction of sp³-hybridized carbons (Fsp3) is 0.750. The van der Waals surface area contributed by atoms with Crippen molar-refractivity contribution in [2.45, 2.75) is 19.4 Å². The zero-order chi connectivity index (χ0) is 11.0. The van der Waals surface area contributed by atoms with Crippen LogP contribution in [0.1, 0.15) is 13.3 Å². The number of hydrogen-bond donors (Lipinski definition) is 2. The predicted octanol–water partition coefficient (Wildman–Crippen LogP) is 0.0847. The average molecular weight is 221 g/mol. The molecule has 0 saturated heterocycles. The van der Waals surface area contributed by atoms with Gasteiger partial charge in [0.05, 0.1) is 13.0 Å². The third kappa shape index (κ3) is 6.73. The molecule has 3 N–H and O–H groups in total. The first-order valence-electron chi connectivity index (χ1n) is 4.29. The van der Waals surface area contributed by atoms with Crippen LogP contribution < -0.4 is 5.73 Å². The van der Waals surface area contributed by atoms with Crippen LogP contribution in [0.4, 0.5) is 0 Å². The fourth-order valence-corrected chi connectivity index (χ4v) is 1.54. The van der Waals surface area contributed by atoms with E-state index in [1.807, 2.05) is 0 Å². The van der Waals surface area contributed by atoms with Crippen molar-refractivity contribution in [3.8, 4) is 0 Å². The van der Waals surface area contributed by atoms with E-state index in [0.717, 1.165) is 0 Å². The number of ether oxygens (including phenoxy) is 1. The summed E-state index contributed by atoms with van der Waals surface area (Å²) in [6.45, 7) is 2.11. The molecule has 0 aliphatic carbocycles. The van der Waals surface area contributed by atoms with E-state index < -0.39 is 12.0 Å². The quantitative estimate of drug-likeness (QED) is 0.467. The number of carboxylic acid groups (broad SMARTS) is 1. The molecular weight excluding hydrogens is 206 g/mol. The molecule has 0 heterocycles. The molecule has 0 spiro atoms. The molecule has 1 unspecified atom stereocenters. The number of rotatable bonds is 7. The van der Waals surface area contributed by atoms with Gasteiger partial charge in [-0.05, 0) is 6.92 Å². The summed E-state index contributed by atoms with van der Waals surface area (Å²) >= 11 is 1.34. The van der Waals surface area contributed by atoms with Gasteiger partial charge in [-0.3, -0.25) is 9.59 Å². The zero-order valence-corrected chi connectivity index (χ0v) is 8.88. The van der Waals surface area contributed by atoms with Crippen LogP contribution in [0.3, 0.4) is 0 Å². The Morgan fingerprint density at radius 1 is 1.57 bits per heavy atom. The summed E-state index contributed by atoms with van der Waals surface area (Å²) in [6, 6.07) is -0.859. The van der Waals surface area contributed by atoms with Gasteiger partial charge in [0.1, 0.15) is 6.04 Å². The summed E-state index contributed by atoms with van der Waals surface area (Å²) in [5, 5.41) is 8.44. The number of aliphatic carboxylic acids is 1. The van der Waals surface area contributed by atoms with Crippen molar-refractivity contribution in [3.63, 3.8) is 0 Å². The van der Waals surface area contributed by atoms with Crippen LogP contribution in [-0.2, 0) is 14.3 Å². The number of carbonyl (C=O) groups excluding carboxylic acids is 1. The molecule has 82 valence electrons. The van der Waals surface area contributed by atoms with E-state index in [4.69, 9.17) is 15.6 Å². The smallest absolute Gasteiger partial charge is 0.321 e. The maximum atomic E-state index is 10.8. The summed E-state index contributed by atoms with van der Waals surface area (Å²) in [6.07, 6.45) is 0.296. The van der Waals surface area contributed by atoms with Crippen LogP contribution in [-0.4, -0.2) is 41.2 Å². The van der Waals surface area contributed by atoms with Gasteiger partial charge in [0, 0.05) is 11.5 Å². The zero-order valence-electron chi connectivity index (χ0n) is 8.06. The Balaban J connectivity index is 3.37. The minimum atomic E-state index is -1.02. The molecule has 0 radical (unpaired) electrons. The number of esters is 1. The summed E-state index contributed by atoms with van der Waals surface area (Å²) in [5.41, 5.74) is 5.26. The van der Waals surface area contributed by atoms with Crippen LogP contribution in [0.15, 0.2) is 0 Å². The topological polar surface area (TPSA) is 89.6 Å². The Bertz CT molecular complexity index is 198. The SMILES string of the molecule is CCOC(=O)CCSCC(N)C(=O)O. The highest BCUT2D eigenvalue weighted by Crippen LogP contribution is 2.04. The predicted molar refractivity (Wildman–Crippen MR) is 54.2 cm³/mol. The maximum absolute atomic E-state index is 10.8. The molecule has 0 bridgehead atoms. The van der Waals surface area contributed by atoms with Gasteiger partial charge in [-0.1, -0.05) is 0 Å². The molecule has 0 aromatic heterocycles. The van der Waals surface area contributed by atoms with Crippen LogP contribution in [0.5, 0.6) is 0 Å². The molecule has 0 aliphatic heterocycles. The molecule has 6 heteroatoms. The molecule has 1 atom stereocenters. The Hall–Kier alpha value is -0.750. The van der Waals surface area contributed by atoms with Gasteiger partial charge < -0.3 is 15.6 Å². The Morgan fingerprint density at radius 3 is 2.71 bits per heavy atom. The van der Waals surface area contributed by atoms with Gasteiger partial charge >= 0.3 is 11.9 Å². The first-order valence-corrected chi connectivity index (χ1v) is 5.45. The molecule has 0 aromatic rings. The van der Waals surface area contributed by atoms with Crippen molar-refractivity contribution in [3.05, 3.63) is 0 Å². The molecule has 0 aromatic carbocycles. The number of nitrogens with two attached hydrogens (primary N) is 1. The van der Waals surface area contributed by atoms with Gasteiger partial charge in [-0.15, -0.1) is 0 Å². The number of carbonyl (C=O) groups is 2. The van der Waals surface area contributed by atoms with Gasteiger partial charge in [0.25, 0.3) is 0 Å². The lowest BCUT2D eigenvalue weighted by atomic mass is 10.4. The monoisotopic (exact) mass is 221 g/mol. The number of hydrogen-bond acceptors (Lipinski definition) is 5. The molecule has 14 heavy (non-hydrogen) atoms. The van der Waals surface area contributed by atoms with E-state index in [1.165, 1.54) is 11.8 Å². The second-order valence-electron chi connectivity index (χ2n) is 2.57. The van der Waals surface area contributed by atoms with Crippen molar-refractivity contribution in [2.75, 3.05) is 18.1 Å². The third-order valence-corrected chi connectivity index (χ3v) is 2.46. The third-order valence-electron chi connectivity index (χ3n) is 1.37. The average Bonchev–Trinajstić information content (AvgIpc) is 2.12. The lowest BCUT2D eigenvalue weighted by Crippen LogP contribution is -2.32. The normalized spacial score (nSPS) is 12.1. The summed E-state index contributed by atoms with van der Waals surface area (Å²) in [4.78, 5) is 21.1. The molecule has 0 saturated carbocycles. The van der Waals surface area contributed by atoms with Gasteiger partial charge in [0.2, 0.25) is 0 Å². The Labute approximate surface area is 87.0 Å². The minimum absolute atomic E-state index is 0.260. The second-order valence-corrected chi connectivity index (χ2v) is 3.72. The van der Waals surface area contributed by atoms with Gasteiger partial charge in [-0.25, -0.2) is 0 Å². The van der Waals surface area contributed by atoms with Crippen LogP contribution in [0, 0.1) is 0 Å². The molecule has 0 rings (SSSR count). The second kappa shape index (κ2) is 7.64. The highest BCUT2D eigenvalue weighted by atomic mass is 32.2. The largest absolute Gasteiger partial charge is 0.480 e. The highest BCUT2D eigenvalue weighted by molar-refractivity contribution is 7.99. The van der Waals surface area contributed by atoms with Gasteiger partial charge in [0.15, 0.2) is 0 Å². The fourth-order valence-electron chi connectivity index (χ4n) is 0.670. The first-order chi connectivity index (χ1) is 6.57. The van der Waals surface area contributed by atoms with Crippen molar-refractivity contribution in [1.82, 2.24) is 0 Å². The Kier molecular flexibility index (Phi) is 7.23. The van der Waals surface area contributed by atoms with Crippen molar-refractivity contribution >= 4 is 23.7 Å². The van der Waals surface area contributed by atoms with Crippen LogP contribution in [0.25, 0.3) is 0 Å². The van der Waals surface area contributed by atoms with E-state index >= 15 is 0 Å². The maximum Gasteiger partial charge on any atom is 0.321 e. The lowest BCUT2D eigenvalue weighted by molar-refractivity contribution is -0.142. The van der Waals surface area contributed by atoms with E-state index in [0.29, 0.717) is 24.5 Å². The van der Waals surface area contributed by atoms with E-state index in [1.54, 1.807) is 6.92 Å². The molecular formula is C8H15NO4S. The number of carboxylic acids is 1. The summed E-state index contributed by atoms with van der Waals surface area (Å²) in [7, 11) is 0. The minimum Gasteiger partial charge on any atom is -0.480 e. The van der Waals surface area contributed by atoms with Crippen molar-refractivity contribution in [2.24, 2.45) is 5.73 Å². The Morgan fingerprint density at radius 2 is 2.21 bits per heavy atom. The van der Waals surface area contributed by atoms with Crippen LogP contribution in [0.2, 0.25) is 0 Å². The highest BCUT2D eigenvalue weighted by Gasteiger charge is 2.11.